The molecule has 1 N–H and O–H groups in total. The summed E-state index contributed by atoms with van der Waals surface area (Å²) in [5, 5.41) is 6.49. The monoisotopic (exact) mass is 346 g/mol. The zero-order chi connectivity index (χ0) is 17.6. The molecule has 2 heterocycles. The van der Waals surface area contributed by atoms with Gasteiger partial charge in [0.25, 0.3) is 5.91 Å². The summed E-state index contributed by atoms with van der Waals surface area (Å²) in [4.78, 5) is 16.6. The minimum Gasteiger partial charge on any atom is -0.349 e. The lowest BCUT2D eigenvalue weighted by atomic mass is 10.1. The van der Waals surface area contributed by atoms with E-state index < -0.39 is 17.8 Å². The number of amides is 1. The third kappa shape index (κ3) is 2.95. The van der Waals surface area contributed by atoms with Crippen LogP contribution in [0.1, 0.15) is 28.9 Å². The minimum absolute atomic E-state index is 0.0372. The predicted molar refractivity (Wildman–Crippen MR) is 83.9 cm³/mol. The molecule has 5 nitrogen and oxygen atoms in total. The number of hydrogen-bond acceptors (Lipinski definition) is 3. The zero-order valence-electron chi connectivity index (χ0n) is 12.9. The highest BCUT2D eigenvalue weighted by molar-refractivity contribution is 6.00. The molecule has 3 aromatic rings. The van der Waals surface area contributed by atoms with Gasteiger partial charge >= 0.3 is 6.18 Å². The first-order valence-corrected chi connectivity index (χ1v) is 7.76. The minimum atomic E-state index is -4.62. The summed E-state index contributed by atoms with van der Waals surface area (Å²) >= 11 is 0. The van der Waals surface area contributed by atoms with Crippen LogP contribution < -0.4 is 5.32 Å². The molecule has 128 valence electrons. The molecular weight excluding hydrogens is 333 g/mol. The van der Waals surface area contributed by atoms with Gasteiger partial charge in [0.05, 0.1) is 11.9 Å². The summed E-state index contributed by atoms with van der Waals surface area (Å²) in [5.74, 6) is -0.455. The van der Waals surface area contributed by atoms with Crippen molar-refractivity contribution in [3.63, 3.8) is 0 Å². The third-order valence-electron chi connectivity index (χ3n) is 3.99. The summed E-state index contributed by atoms with van der Waals surface area (Å²) in [6.07, 6.45) is -1.74. The molecule has 1 amide bonds. The highest BCUT2D eigenvalue weighted by Gasteiger charge is 2.36. The molecule has 0 unspecified atom stereocenters. The van der Waals surface area contributed by atoms with E-state index in [0.29, 0.717) is 10.1 Å². The van der Waals surface area contributed by atoms with Crippen LogP contribution in [0.25, 0.3) is 16.9 Å². The van der Waals surface area contributed by atoms with Gasteiger partial charge in [-0.1, -0.05) is 30.3 Å². The van der Waals surface area contributed by atoms with Crippen LogP contribution in [0.2, 0.25) is 0 Å². The number of aromatic nitrogens is 3. The zero-order valence-corrected chi connectivity index (χ0v) is 12.9. The number of rotatable bonds is 3. The molecule has 0 radical (unpaired) electrons. The molecule has 1 fully saturated rings. The molecule has 1 saturated carbocycles. The summed E-state index contributed by atoms with van der Waals surface area (Å²) in [5.41, 5.74) is -0.365. The van der Waals surface area contributed by atoms with Crippen molar-refractivity contribution >= 4 is 11.6 Å². The number of halogens is 3. The first kappa shape index (κ1) is 15.6. The highest BCUT2D eigenvalue weighted by Crippen LogP contribution is 2.32. The van der Waals surface area contributed by atoms with Crippen molar-refractivity contribution in [2.75, 3.05) is 0 Å². The van der Waals surface area contributed by atoms with Gasteiger partial charge in [0.2, 0.25) is 0 Å². The summed E-state index contributed by atoms with van der Waals surface area (Å²) in [6.45, 7) is 0. The number of alkyl halides is 3. The van der Waals surface area contributed by atoms with Crippen molar-refractivity contribution in [2.45, 2.75) is 25.1 Å². The summed E-state index contributed by atoms with van der Waals surface area (Å²) in [6, 6.07) is 9.55. The highest BCUT2D eigenvalue weighted by atomic mass is 19.4. The van der Waals surface area contributed by atoms with Gasteiger partial charge in [-0.3, -0.25) is 4.79 Å². The van der Waals surface area contributed by atoms with Crippen LogP contribution in [0.3, 0.4) is 0 Å². The van der Waals surface area contributed by atoms with E-state index in [1.54, 1.807) is 30.3 Å². The molecule has 0 spiro atoms. The maximum Gasteiger partial charge on any atom is 0.433 e. The first-order valence-electron chi connectivity index (χ1n) is 7.76. The molecule has 0 bridgehead atoms. The van der Waals surface area contributed by atoms with E-state index in [4.69, 9.17) is 0 Å². The van der Waals surface area contributed by atoms with Crippen LogP contribution in [0.5, 0.6) is 0 Å². The van der Waals surface area contributed by atoms with Crippen LogP contribution in [-0.2, 0) is 6.18 Å². The SMILES string of the molecule is O=C(NC1CC1)c1cnn2c(C(F)(F)F)cc(-c3ccccc3)nc12. The Morgan fingerprint density at radius 2 is 1.92 bits per heavy atom. The Hall–Kier alpha value is -2.90. The first-order chi connectivity index (χ1) is 11.9. The largest absolute Gasteiger partial charge is 0.433 e. The fourth-order valence-corrected chi connectivity index (χ4v) is 2.57. The molecule has 0 atom stereocenters. The van der Waals surface area contributed by atoms with Crippen LogP contribution >= 0.6 is 0 Å². The van der Waals surface area contributed by atoms with Crippen molar-refractivity contribution < 1.29 is 18.0 Å². The number of nitrogens with one attached hydrogen (secondary N) is 1. The van der Waals surface area contributed by atoms with Gasteiger partial charge in [0.15, 0.2) is 11.3 Å². The standard InChI is InChI=1S/C17H13F3N4O/c18-17(19,20)14-8-13(10-4-2-1-3-5-10)23-15-12(9-21-24(14)15)16(25)22-11-6-7-11/h1-5,8-9,11H,6-7H2,(H,22,25). The van der Waals surface area contributed by atoms with E-state index >= 15 is 0 Å². The lowest BCUT2D eigenvalue weighted by Gasteiger charge is -2.11. The molecule has 0 aliphatic heterocycles. The second-order valence-corrected chi connectivity index (χ2v) is 5.93. The topological polar surface area (TPSA) is 59.3 Å². The third-order valence-corrected chi connectivity index (χ3v) is 3.99. The van der Waals surface area contributed by atoms with Crippen molar-refractivity contribution in [2.24, 2.45) is 0 Å². The molecule has 0 saturated heterocycles. The average molecular weight is 346 g/mol. The van der Waals surface area contributed by atoms with Crippen LogP contribution in [0, 0.1) is 0 Å². The lowest BCUT2D eigenvalue weighted by molar-refractivity contribution is -0.142. The van der Waals surface area contributed by atoms with E-state index in [0.717, 1.165) is 25.1 Å². The molecular formula is C17H13F3N4O. The van der Waals surface area contributed by atoms with Crippen LogP contribution in [0.15, 0.2) is 42.6 Å². The fraction of sp³-hybridized carbons (Fsp3) is 0.235. The Bertz CT molecular complexity index is 946. The smallest absolute Gasteiger partial charge is 0.349 e. The van der Waals surface area contributed by atoms with Gasteiger partial charge in [0.1, 0.15) is 5.56 Å². The summed E-state index contributed by atoms with van der Waals surface area (Å²) in [7, 11) is 0. The van der Waals surface area contributed by atoms with Gasteiger partial charge in [-0.15, -0.1) is 0 Å². The van der Waals surface area contributed by atoms with E-state index in [1.165, 1.54) is 0 Å². The number of carbonyl (C=O) groups is 1. The van der Waals surface area contributed by atoms with Crippen molar-refractivity contribution in [3.05, 3.63) is 53.9 Å². The van der Waals surface area contributed by atoms with E-state index in [-0.39, 0.29) is 22.9 Å². The number of fused-ring (bicyclic) bond motifs is 1. The van der Waals surface area contributed by atoms with E-state index in [9.17, 15) is 18.0 Å². The molecule has 8 heteroatoms. The van der Waals surface area contributed by atoms with Crippen molar-refractivity contribution in [3.8, 4) is 11.3 Å². The molecule has 2 aromatic heterocycles. The Kier molecular flexibility index (Phi) is 3.48. The number of carbonyl (C=O) groups excluding carboxylic acids is 1. The molecule has 25 heavy (non-hydrogen) atoms. The van der Waals surface area contributed by atoms with Crippen molar-refractivity contribution in [1.29, 1.82) is 0 Å². The summed E-state index contributed by atoms with van der Waals surface area (Å²) < 4.78 is 41.0. The fourth-order valence-electron chi connectivity index (χ4n) is 2.57. The van der Waals surface area contributed by atoms with Gasteiger partial charge < -0.3 is 5.32 Å². The Morgan fingerprint density at radius 1 is 1.20 bits per heavy atom. The van der Waals surface area contributed by atoms with Gasteiger partial charge in [-0.2, -0.15) is 18.3 Å². The Labute approximate surface area is 140 Å². The number of hydrogen-bond donors (Lipinski definition) is 1. The second kappa shape index (κ2) is 5.58. The maximum absolute atomic E-state index is 13.5. The normalized spacial score (nSPS) is 14.7. The maximum atomic E-state index is 13.5. The second-order valence-electron chi connectivity index (χ2n) is 5.93. The van der Waals surface area contributed by atoms with Crippen molar-refractivity contribution in [1.82, 2.24) is 19.9 Å². The lowest BCUT2D eigenvalue weighted by Crippen LogP contribution is -2.25. The molecule has 1 aliphatic rings. The Balaban J connectivity index is 1.90. The van der Waals surface area contributed by atoms with Crippen LogP contribution in [-0.4, -0.2) is 26.5 Å². The van der Waals surface area contributed by atoms with E-state index in [2.05, 4.69) is 15.4 Å². The predicted octanol–water partition coefficient (Wildman–Crippen LogP) is 3.31. The van der Waals surface area contributed by atoms with E-state index in [1.807, 2.05) is 0 Å². The van der Waals surface area contributed by atoms with Gasteiger partial charge in [-0.25, -0.2) is 9.50 Å². The Morgan fingerprint density at radius 3 is 2.56 bits per heavy atom. The average Bonchev–Trinajstić information content (AvgIpc) is 3.29. The quantitative estimate of drug-likeness (QED) is 0.792. The van der Waals surface area contributed by atoms with Gasteiger partial charge in [-0.05, 0) is 18.9 Å². The number of benzene rings is 1. The van der Waals surface area contributed by atoms with Gasteiger partial charge in [0, 0.05) is 11.6 Å². The molecule has 1 aliphatic carbocycles. The number of nitrogens with zero attached hydrogens (tertiary/aromatic N) is 3. The van der Waals surface area contributed by atoms with Crippen LogP contribution in [0.4, 0.5) is 13.2 Å². The molecule has 4 rings (SSSR count). The molecule has 1 aromatic carbocycles.